The number of halogens is 1. The van der Waals surface area contributed by atoms with Crippen molar-refractivity contribution in [1.82, 2.24) is 20.1 Å². The minimum absolute atomic E-state index is 0.0629. The Morgan fingerprint density at radius 1 is 1.17 bits per heavy atom. The quantitative estimate of drug-likeness (QED) is 0.416. The highest BCUT2D eigenvalue weighted by molar-refractivity contribution is 7.17. The maximum atomic E-state index is 12.3. The Morgan fingerprint density at radius 3 is 2.71 bits per heavy atom. The second-order valence-electron chi connectivity index (χ2n) is 7.61. The van der Waals surface area contributed by atoms with Crippen LogP contribution in [0.15, 0.2) is 67.1 Å². The van der Waals surface area contributed by atoms with E-state index in [-0.39, 0.29) is 19.1 Å². The SMILES string of the molecule is O=C(NCc1cn(-c2ccc(N3CCOCC3=O)cc2)nc1-c1cccnc1)Oc1ccc(Cl)s1. The molecule has 35 heavy (non-hydrogen) atoms. The van der Waals surface area contributed by atoms with Gasteiger partial charge in [-0.05, 0) is 48.5 Å². The molecule has 0 atom stereocenters. The van der Waals surface area contributed by atoms with Crippen LogP contribution in [0.5, 0.6) is 5.06 Å². The lowest BCUT2D eigenvalue weighted by Gasteiger charge is -2.26. The first-order chi connectivity index (χ1) is 17.1. The number of hydrogen-bond acceptors (Lipinski definition) is 7. The van der Waals surface area contributed by atoms with Crippen LogP contribution in [0.1, 0.15) is 5.56 Å². The lowest BCUT2D eigenvalue weighted by Crippen LogP contribution is -2.41. The molecule has 1 aromatic carbocycles. The molecule has 1 fully saturated rings. The lowest BCUT2D eigenvalue weighted by molar-refractivity contribution is -0.125. The fourth-order valence-electron chi connectivity index (χ4n) is 3.64. The van der Waals surface area contributed by atoms with Crippen LogP contribution >= 0.6 is 22.9 Å². The summed E-state index contributed by atoms with van der Waals surface area (Å²) in [6.07, 6.45) is 4.66. The molecule has 3 aromatic heterocycles. The third-order valence-corrected chi connectivity index (χ3v) is 6.41. The summed E-state index contributed by atoms with van der Waals surface area (Å²) in [6, 6.07) is 14.6. The normalized spacial score (nSPS) is 13.6. The van der Waals surface area contributed by atoms with Crippen molar-refractivity contribution in [3.8, 4) is 22.0 Å². The summed E-state index contributed by atoms with van der Waals surface area (Å²) in [6.45, 7) is 1.32. The largest absolute Gasteiger partial charge is 0.413 e. The smallest absolute Gasteiger partial charge is 0.399 e. The van der Waals surface area contributed by atoms with Gasteiger partial charge in [-0.1, -0.05) is 22.9 Å². The first-order valence-electron chi connectivity index (χ1n) is 10.8. The average Bonchev–Trinajstić information content (AvgIpc) is 3.50. The standard InChI is InChI=1S/C24H20ClN5O4S/c25-20-7-8-22(35-20)34-24(32)27-13-17-14-30(28-23(17)16-2-1-9-26-12-16)19-5-3-18(4-6-19)29-10-11-33-15-21(29)31/h1-9,12,14H,10-11,13,15H2,(H,27,32). The van der Waals surface area contributed by atoms with Crippen LogP contribution in [-0.2, 0) is 16.1 Å². The van der Waals surface area contributed by atoms with Gasteiger partial charge in [-0.2, -0.15) is 5.10 Å². The van der Waals surface area contributed by atoms with Crippen LogP contribution in [-0.4, -0.2) is 46.5 Å². The van der Waals surface area contributed by atoms with E-state index in [4.69, 9.17) is 26.2 Å². The molecule has 0 radical (unpaired) electrons. The van der Waals surface area contributed by atoms with Crippen molar-refractivity contribution < 1.29 is 19.1 Å². The number of nitrogens with zero attached hydrogens (tertiary/aromatic N) is 4. The summed E-state index contributed by atoms with van der Waals surface area (Å²) in [5.74, 6) is -0.0629. The summed E-state index contributed by atoms with van der Waals surface area (Å²) in [5.41, 5.74) is 3.90. The van der Waals surface area contributed by atoms with Crippen LogP contribution in [0, 0.1) is 0 Å². The van der Waals surface area contributed by atoms with Gasteiger partial charge in [-0.3, -0.25) is 9.78 Å². The number of ether oxygens (including phenoxy) is 2. The van der Waals surface area contributed by atoms with Gasteiger partial charge in [0.2, 0.25) is 0 Å². The number of thiophene rings is 1. The second-order valence-corrected chi connectivity index (χ2v) is 9.28. The number of rotatable bonds is 6. The zero-order valence-electron chi connectivity index (χ0n) is 18.4. The molecule has 4 aromatic rings. The van der Waals surface area contributed by atoms with Crippen molar-refractivity contribution in [3.05, 3.63) is 77.0 Å². The summed E-state index contributed by atoms with van der Waals surface area (Å²) in [4.78, 5) is 30.3. The van der Waals surface area contributed by atoms with Crippen molar-refractivity contribution >= 4 is 40.6 Å². The zero-order chi connectivity index (χ0) is 24.2. The van der Waals surface area contributed by atoms with Crippen LogP contribution in [0.25, 0.3) is 16.9 Å². The third kappa shape index (κ3) is 5.35. The zero-order valence-corrected chi connectivity index (χ0v) is 20.0. The molecule has 1 aliphatic heterocycles. The number of pyridine rings is 1. The van der Waals surface area contributed by atoms with Gasteiger partial charge in [-0.15, -0.1) is 0 Å². The van der Waals surface area contributed by atoms with Crippen molar-refractivity contribution in [2.45, 2.75) is 6.54 Å². The summed E-state index contributed by atoms with van der Waals surface area (Å²) in [7, 11) is 0. The predicted molar refractivity (Wildman–Crippen MR) is 132 cm³/mol. The van der Waals surface area contributed by atoms with Gasteiger partial charge in [0.15, 0.2) is 5.06 Å². The van der Waals surface area contributed by atoms with Crippen LogP contribution in [0.3, 0.4) is 0 Å². The van der Waals surface area contributed by atoms with Gasteiger partial charge in [0, 0.05) is 48.5 Å². The molecule has 0 unspecified atom stereocenters. The van der Waals surface area contributed by atoms with Crippen molar-refractivity contribution in [2.24, 2.45) is 0 Å². The summed E-state index contributed by atoms with van der Waals surface area (Å²) in [5, 5.41) is 7.91. The molecule has 11 heteroatoms. The molecule has 5 rings (SSSR count). The predicted octanol–water partition coefficient (Wildman–Crippen LogP) is 4.30. The highest BCUT2D eigenvalue weighted by Gasteiger charge is 2.20. The maximum Gasteiger partial charge on any atom is 0.413 e. The minimum Gasteiger partial charge on any atom is -0.399 e. The fourth-order valence-corrected chi connectivity index (χ4v) is 4.51. The molecule has 0 bridgehead atoms. The molecule has 4 heterocycles. The van der Waals surface area contributed by atoms with Crippen LogP contribution < -0.4 is 15.0 Å². The van der Waals surface area contributed by atoms with Gasteiger partial charge < -0.3 is 19.7 Å². The molecule has 1 aliphatic rings. The minimum atomic E-state index is -0.590. The Balaban J connectivity index is 1.36. The van der Waals surface area contributed by atoms with Gasteiger partial charge in [0.1, 0.15) is 6.61 Å². The average molecular weight is 510 g/mol. The van der Waals surface area contributed by atoms with E-state index in [2.05, 4.69) is 10.3 Å². The van der Waals surface area contributed by atoms with Crippen LogP contribution in [0.2, 0.25) is 4.34 Å². The van der Waals surface area contributed by atoms with Gasteiger partial charge in [-0.25, -0.2) is 9.48 Å². The van der Waals surface area contributed by atoms with E-state index in [0.717, 1.165) is 22.5 Å². The van der Waals surface area contributed by atoms with Gasteiger partial charge >= 0.3 is 6.09 Å². The number of nitrogens with one attached hydrogen (secondary N) is 1. The van der Waals surface area contributed by atoms with E-state index >= 15 is 0 Å². The molecule has 9 nitrogen and oxygen atoms in total. The number of morpholine rings is 1. The highest BCUT2D eigenvalue weighted by Crippen LogP contribution is 2.28. The van der Waals surface area contributed by atoms with E-state index in [9.17, 15) is 9.59 Å². The van der Waals surface area contributed by atoms with Gasteiger partial charge in [0.25, 0.3) is 5.91 Å². The Hall–Kier alpha value is -3.73. The van der Waals surface area contributed by atoms with Crippen molar-refractivity contribution in [3.63, 3.8) is 0 Å². The Labute approximate surface area is 209 Å². The Kier molecular flexibility index (Phi) is 6.75. The number of amides is 2. The number of aromatic nitrogens is 3. The van der Waals surface area contributed by atoms with Crippen LogP contribution in [0.4, 0.5) is 10.5 Å². The molecular weight excluding hydrogens is 490 g/mol. The molecular formula is C24H20ClN5O4S. The number of carbonyl (C=O) groups excluding carboxylic acids is 2. The maximum absolute atomic E-state index is 12.3. The van der Waals surface area contributed by atoms with E-state index in [1.165, 1.54) is 11.3 Å². The topological polar surface area (TPSA) is 98.6 Å². The van der Waals surface area contributed by atoms with Gasteiger partial charge in [0.05, 0.1) is 22.3 Å². The summed E-state index contributed by atoms with van der Waals surface area (Å²) < 4.78 is 12.8. The summed E-state index contributed by atoms with van der Waals surface area (Å²) >= 11 is 7.07. The molecule has 2 amide bonds. The third-order valence-electron chi connectivity index (χ3n) is 5.30. The van der Waals surface area contributed by atoms with E-state index < -0.39 is 6.09 Å². The van der Waals surface area contributed by atoms with E-state index in [1.54, 1.807) is 34.1 Å². The molecule has 1 N–H and O–H groups in total. The fraction of sp³-hybridized carbons (Fsp3) is 0.167. The Morgan fingerprint density at radius 2 is 2.00 bits per heavy atom. The number of benzene rings is 1. The monoisotopic (exact) mass is 509 g/mol. The van der Waals surface area contributed by atoms with E-state index in [0.29, 0.717) is 28.2 Å². The first kappa shape index (κ1) is 23.0. The number of carbonyl (C=O) groups is 2. The molecule has 178 valence electrons. The molecule has 0 spiro atoms. The number of anilines is 1. The van der Waals surface area contributed by atoms with E-state index in [1.807, 2.05) is 42.6 Å². The molecule has 0 saturated carbocycles. The first-order valence-corrected chi connectivity index (χ1v) is 11.9. The number of hydrogen-bond donors (Lipinski definition) is 1. The molecule has 0 aliphatic carbocycles. The highest BCUT2D eigenvalue weighted by atomic mass is 35.5. The van der Waals surface area contributed by atoms with Crippen molar-refractivity contribution in [2.75, 3.05) is 24.7 Å². The van der Waals surface area contributed by atoms with Crippen molar-refractivity contribution in [1.29, 1.82) is 0 Å². The lowest BCUT2D eigenvalue weighted by atomic mass is 10.1. The second kappa shape index (κ2) is 10.3. The molecule has 1 saturated heterocycles. The Bertz CT molecular complexity index is 1340.